The molecular weight excluding hydrogens is 314 g/mol. The standard InChI is InChI=1S/C17H23NO6/c1-3-10-24-13-6-4-12(5-7-13)14(19)8-9-15(20)18-11-17(2,23)16(21)22/h4-7,23H,3,8-11H2,1-2H3,(H,18,20)(H,21,22). The molecule has 0 bridgehead atoms. The molecule has 0 spiro atoms. The van der Waals surface area contributed by atoms with Gasteiger partial charge in [-0.2, -0.15) is 0 Å². The topological polar surface area (TPSA) is 113 Å². The first-order valence-corrected chi connectivity index (χ1v) is 7.75. The lowest BCUT2D eigenvalue weighted by Crippen LogP contribution is -2.46. The number of carboxylic acids is 1. The minimum atomic E-state index is -2.03. The zero-order valence-electron chi connectivity index (χ0n) is 13.9. The summed E-state index contributed by atoms with van der Waals surface area (Å²) in [6.07, 6.45) is 0.809. The summed E-state index contributed by atoms with van der Waals surface area (Å²) in [4.78, 5) is 34.4. The zero-order valence-corrected chi connectivity index (χ0v) is 13.9. The number of aliphatic hydroxyl groups is 1. The maximum Gasteiger partial charge on any atom is 0.337 e. The maximum atomic E-state index is 12.0. The molecule has 0 saturated carbocycles. The van der Waals surface area contributed by atoms with Crippen molar-refractivity contribution in [3.63, 3.8) is 0 Å². The van der Waals surface area contributed by atoms with Crippen molar-refractivity contribution in [3.05, 3.63) is 29.8 Å². The first kappa shape index (κ1) is 19.6. The molecule has 1 amide bonds. The molecular formula is C17H23NO6. The monoisotopic (exact) mass is 337 g/mol. The zero-order chi connectivity index (χ0) is 18.2. The maximum absolute atomic E-state index is 12.0. The second-order valence-corrected chi connectivity index (χ2v) is 5.65. The number of benzene rings is 1. The summed E-state index contributed by atoms with van der Waals surface area (Å²) in [5, 5.41) is 20.5. The molecule has 0 saturated heterocycles. The Labute approximate surface area is 140 Å². The number of hydrogen-bond donors (Lipinski definition) is 3. The van der Waals surface area contributed by atoms with E-state index in [0.29, 0.717) is 17.9 Å². The van der Waals surface area contributed by atoms with Crippen LogP contribution in [0.4, 0.5) is 0 Å². The fourth-order valence-electron chi connectivity index (χ4n) is 1.76. The Morgan fingerprint density at radius 3 is 2.33 bits per heavy atom. The van der Waals surface area contributed by atoms with Crippen LogP contribution in [0.3, 0.4) is 0 Å². The van der Waals surface area contributed by atoms with E-state index in [1.54, 1.807) is 24.3 Å². The number of ether oxygens (including phenoxy) is 1. The molecule has 3 N–H and O–H groups in total. The van der Waals surface area contributed by atoms with Gasteiger partial charge in [-0.3, -0.25) is 9.59 Å². The molecule has 1 rings (SSSR count). The quantitative estimate of drug-likeness (QED) is 0.556. The van der Waals surface area contributed by atoms with Gasteiger partial charge in [0, 0.05) is 18.4 Å². The highest BCUT2D eigenvalue weighted by Gasteiger charge is 2.30. The predicted octanol–water partition coefficient (Wildman–Crippen LogP) is 1.39. The number of nitrogens with one attached hydrogen (secondary N) is 1. The van der Waals surface area contributed by atoms with Gasteiger partial charge in [0.1, 0.15) is 5.75 Å². The summed E-state index contributed by atoms with van der Waals surface area (Å²) >= 11 is 0. The number of amides is 1. The van der Waals surface area contributed by atoms with Gasteiger partial charge in [0.15, 0.2) is 11.4 Å². The Morgan fingerprint density at radius 2 is 1.79 bits per heavy atom. The number of aliphatic carboxylic acids is 1. The Hall–Kier alpha value is -2.41. The molecule has 0 aromatic heterocycles. The molecule has 1 atom stereocenters. The van der Waals surface area contributed by atoms with Crippen LogP contribution in [-0.2, 0) is 9.59 Å². The van der Waals surface area contributed by atoms with Crippen molar-refractivity contribution in [1.82, 2.24) is 5.32 Å². The first-order valence-electron chi connectivity index (χ1n) is 7.75. The van der Waals surface area contributed by atoms with Crippen molar-refractivity contribution >= 4 is 17.7 Å². The molecule has 0 heterocycles. The predicted molar refractivity (Wildman–Crippen MR) is 87.1 cm³/mol. The van der Waals surface area contributed by atoms with E-state index in [9.17, 15) is 19.5 Å². The van der Waals surface area contributed by atoms with Crippen LogP contribution in [0, 0.1) is 0 Å². The lowest BCUT2D eigenvalue weighted by Gasteiger charge is -2.18. The molecule has 132 valence electrons. The highest BCUT2D eigenvalue weighted by molar-refractivity contribution is 5.98. The van der Waals surface area contributed by atoms with Crippen LogP contribution in [0.15, 0.2) is 24.3 Å². The second-order valence-electron chi connectivity index (χ2n) is 5.65. The van der Waals surface area contributed by atoms with E-state index in [0.717, 1.165) is 13.3 Å². The highest BCUT2D eigenvalue weighted by atomic mass is 16.5. The van der Waals surface area contributed by atoms with Crippen LogP contribution in [0.2, 0.25) is 0 Å². The van der Waals surface area contributed by atoms with Crippen molar-refractivity contribution in [2.75, 3.05) is 13.2 Å². The summed E-state index contributed by atoms with van der Waals surface area (Å²) in [5.41, 5.74) is -1.56. The van der Waals surface area contributed by atoms with Gasteiger partial charge in [-0.05, 0) is 37.6 Å². The molecule has 1 unspecified atom stereocenters. The van der Waals surface area contributed by atoms with E-state index in [1.165, 1.54) is 0 Å². The summed E-state index contributed by atoms with van der Waals surface area (Å²) in [6, 6.07) is 6.68. The smallest absolute Gasteiger partial charge is 0.337 e. The molecule has 0 radical (unpaired) electrons. The number of carbonyl (C=O) groups excluding carboxylic acids is 2. The van der Waals surface area contributed by atoms with E-state index in [2.05, 4.69) is 5.32 Å². The van der Waals surface area contributed by atoms with Crippen LogP contribution in [0.25, 0.3) is 0 Å². The van der Waals surface area contributed by atoms with Crippen molar-refractivity contribution < 1.29 is 29.3 Å². The molecule has 24 heavy (non-hydrogen) atoms. The summed E-state index contributed by atoms with van der Waals surface area (Å²) in [5.74, 6) is -1.43. The second kappa shape index (κ2) is 9.02. The molecule has 1 aromatic rings. The van der Waals surface area contributed by atoms with Crippen LogP contribution < -0.4 is 10.1 Å². The summed E-state index contributed by atoms with van der Waals surface area (Å²) in [6.45, 7) is 3.27. The third-order valence-corrected chi connectivity index (χ3v) is 3.32. The van der Waals surface area contributed by atoms with Crippen molar-refractivity contribution in [1.29, 1.82) is 0 Å². The van der Waals surface area contributed by atoms with E-state index in [-0.39, 0.29) is 18.6 Å². The molecule has 0 fully saturated rings. The van der Waals surface area contributed by atoms with E-state index in [1.807, 2.05) is 6.92 Å². The minimum absolute atomic E-state index is 0.00376. The Kier molecular flexibility index (Phi) is 7.38. The van der Waals surface area contributed by atoms with Gasteiger partial charge >= 0.3 is 5.97 Å². The number of rotatable bonds is 10. The van der Waals surface area contributed by atoms with Crippen LogP contribution in [-0.4, -0.2) is 46.6 Å². The van der Waals surface area contributed by atoms with Gasteiger partial charge in [-0.15, -0.1) is 0 Å². The number of carboxylic acid groups (broad SMARTS) is 1. The Balaban J connectivity index is 2.42. The van der Waals surface area contributed by atoms with Crippen molar-refractivity contribution in [3.8, 4) is 5.75 Å². The van der Waals surface area contributed by atoms with Gasteiger partial charge in [0.05, 0.1) is 13.2 Å². The average molecular weight is 337 g/mol. The molecule has 0 aliphatic carbocycles. The summed E-state index contributed by atoms with van der Waals surface area (Å²) in [7, 11) is 0. The van der Waals surface area contributed by atoms with E-state index in [4.69, 9.17) is 9.84 Å². The third-order valence-electron chi connectivity index (χ3n) is 3.32. The number of Topliss-reactive ketones (excluding diaryl/α,β-unsaturated/α-hetero) is 1. The third kappa shape index (κ3) is 6.37. The minimum Gasteiger partial charge on any atom is -0.494 e. The highest BCUT2D eigenvalue weighted by Crippen LogP contribution is 2.14. The fraction of sp³-hybridized carbons (Fsp3) is 0.471. The van der Waals surface area contributed by atoms with E-state index < -0.39 is 24.0 Å². The molecule has 1 aromatic carbocycles. The van der Waals surface area contributed by atoms with Crippen LogP contribution >= 0.6 is 0 Å². The lowest BCUT2D eigenvalue weighted by atomic mass is 10.1. The molecule has 0 aliphatic rings. The number of carbonyl (C=O) groups is 3. The molecule has 7 nitrogen and oxygen atoms in total. The van der Waals surface area contributed by atoms with Crippen LogP contribution in [0.5, 0.6) is 5.75 Å². The van der Waals surface area contributed by atoms with Crippen LogP contribution in [0.1, 0.15) is 43.5 Å². The molecule has 7 heteroatoms. The molecule has 0 aliphatic heterocycles. The van der Waals surface area contributed by atoms with Crippen molar-refractivity contribution in [2.24, 2.45) is 0 Å². The SMILES string of the molecule is CCCOc1ccc(C(=O)CCC(=O)NCC(C)(O)C(=O)O)cc1. The lowest BCUT2D eigenvalue weighted by molar-refractivity contribution is -0.156. The summed E-state index contributed by atoms with van der Waals surface area (Å²) < 4.78 is 5.42. The average Bonchev–Trinajstić information content (AvgIpc) is 2.56. The fourth-order valence-corrected chi connectivity index (χ4v) is 1.76. The van der Waals surface area contributed by atoms with Gasteiger partial charge in [-0.1, -0.05) is 6.92 Å². The van der Waals surface area contributed by atoms with E-state index >= 15 is 0 Å². The Bertz CT molecular complexity index is 579. The van der Waals surface area contributed by atoms with Gasteiger partial charge in [-0.25, -0.2) is 4.79 Å². The number of hydrogen-bond acceptors (Lipinski definition) is 5. The van der Waals surface area contributed by atoms with Gasteiger partial charge in [0.2, 0.25) is 5.91 Å². The first-order chi connectivity index (χ1) is 11.3. The largest absolute Gasteiger partial charge is 0.494 e. The van der Waals surface area contributed by atoms with Gasteiger partial charge < -0.3 is 20.3 Å². The normalized spacial score (nSPS) is 13.0. The van der Waals surface area contributed by atoms with Crippen molar-refractivity contribution in [2.45, 2.75) is 38.7 Å². The number of ketones is 1. The Morgan fingerprint density at radius 1 is 1.17 bits per heavy atom. The van der Waals surface area contributed by atoms with Gasteiger partial charge in [0.25, 0.3) is 0 Å².